The van der Waals surface area contributed by atoms with E-state index in [1.54, 1.807) is 0 Å². The van der Waals surface area contributed by atoms with Crippen molar-refractivity contribution in [3.05, 3.63) is 41.6 Å². The molecule has 0 bridgehead atoms. The van der Waals surface area contributed by atoms with Crippen molar-refractivity contribution in [3.63, 3.8) is 0 Å². The molecule has 1 N–H and O–H groups in total. The SMILES string of the molecule is CCOc1ccccc1OCCCC(=O)NCc1nc(C)c(C)o1. The monoisotopic (exact) mass is 332 g/mol. The van der Waals surface area contributed by atoms with Crippen LogP contribution in [0.2, 0.25) is 0 Å². The van der Waals surface area contributed by atoms with Gasteiger partial charge in [0.1, 0.15) is 5.76 Å². The fraction of sp³-hybridized carbons (Fsp3) is 0.444. The van der Waals surface area contributed by atoms with Gasteiger partial charge in [0.2, 0.25) is 11.8 Å². The van der Waals surface area contributed by atoms with Crippen LogP contribution in [0.25, 0.3) is 0 Å². The third kappa shape index (κ3) is 5.30. The van der Waals surface area contributed by atoms with Crippen LogP contribution in [0.3, 0.4) is 0 Å². The molecule has 0 spiro atoms. The third-order valence-corrected chi connectivity index (χ3v) is 3.46. The van der Waals surface area contributed by atoms with Crippen molar-refractivity contribution >= 4 is 5.91 Å². The van der Waals surface area contributed by atoms with E-state index in [1.807, 2.05) is 45.0 Å². The molecule has 1 aromatic carbocycles. The lowest BCUT2D eigenvalue weighted by molar-refractivity contribution is -0.121. The van der Waals surface area contributed by atoms with Gasteiger partial charge < -0.3 is 19.2 Å². The Labute approximate surface area is 142 Å². The first-order valence-corrected chi connectivity index (χ1v) is 8.14. The minimum absolute atomic E-state index is 0.0507. The van der Waals surface area contributed by atoms with Gasteiger partial charge in [-0.15, -0.1) is 0 Å². The van der Waals surface area contributed by atoms with Crippen LogP contribution in [0, 0.1) is 13.8 Å². The van der Waals surface area contributed by atoms with Gasteiger partial charge in [0.05, 0.1) is 25.5 Å². The maximum Gasteiger partial charge on any atom is 0.220 e. The maximum atomic E-state index is 11.8. The van der Waals surface area contributed by atoms with Gasteiger partial charge in [-0.05, 0) is 39.3 Å². The molecule has 0 atom stereocenters. The van der Waals surface area contributed by atoms with Gasteiger partial charge in [-0.1, -0.05) is 12.1 Å². The van der Waals surface area contributed by atoms with Gasteiger partial charge >= 0.3 is 0 Å². The molecule has 1 heterocycles. The highest BCUT2D eigenvalue weighted by Gasteiger charge is 2.08. The molecule has 0 fully saturated rings. The van der Waals surface area contributed by atoms with E-state index in [1.165, 1.54) is 0 Å². The number of nitrogens with zero attached hydrogens (tertiary/aromatic N) is 1. The first-order chi connectivity index (χ1) is 11.6. The summed E-state index contributed by atoms with van der Waals surface area (Å²) in [6, 6.07) is 7.52. The van der Waals surface area contributed by atoms with Gasteiger partial charge in [-0.3, -0.25) is 4.79 Å². The van der Waals surface area contributed by atoms with Crippen LogP contribution in [-0.2, 0) is 11.3 Å². The van der Waals surface area contributed by atoms with Crippen molar-refractivity contribution < 1.29 is 18.7 Å². The first kappa shape index (κ1) is 17.8. The largest absolute Gasteiger partial charge is 0.490 e. The summed E-state index contributed by atoms with van der Waals surface area (Å²) in [5, 5.41) is 2.79. The van der Waals surface area contributed by atoms with E-state index in [0.717, 1.165) is 17.2 Å². The molecule has 0 aliphatic heterocycles. The first-order valence-electron chi connectivity index (χ1n) is 8.14. The Kier molecular flexibility index (Phi) is 6.66. The fourth-order valence-electron chi connectivity index (χ4n) is 2.14. The van der Waals surface area contributed by atoms with E-state index in [2.05, 4.69) is 10.3 Å². The molecule has 0 unspecified atom stereocenters. The van der Waals surface area contributed by atoms with Gasteiger partial charge in [0.15, 0.2) is 11.5 Å². The number of hydrogen-bond acceptors (Lipinski definition) is 5. The van der Waals surface area contributed by atoms with E-state index >= 15 is 0 Å². The average Bonchev–Trinajstić information content (AvgIpc) is 2.89. The number of ether oxygens (including phenoxy) is 2. The zero-order valence-electron chi connectivity index (χ0n) is 14.4. The Balaban J connectivity index is 1.67. The molecule has 1 aromatic heterocycles. The molecule has 0 aliphatic carbocycles. The lowest BCUT2D eigenvalue weighted by Crippen LogP contribution is -2.23. The van der Waals surface area contributed by atoms with Crippen molar-refractivity contribution in [2.45, 2.75) is 40.2 Å². The predicted octanol–water partition coefficient (Wildman–Crippen LogP) is 3.17. The highest BCUT2D eigenvalue weighted by atomic mass is 16.5. The molecule has 0 radical (unpaired) electrons. The van der Waals surface area contributed by atoms with Crippen molar-refractivity contribution in [2.24, 2.45) is 0 Å². The van der Waals surface area contributed by atoms with Crippen LogP contribution < -0.4 is 14.8 Å². The number of carbonyl (C=O) groups excluding carboxylic acids is 1. The number of aromatic nitrogens is 1. The minimum atomic E-state index is -0.0507. The predicted molar refractivity (Wildman–Crippen MR) is 90.2 cm³/mol. The van der Waals surface area contributed by atoms with E-state index in [9.17, 15) is 4.79 Å². The van der Waals surface area contributed by atoms with Gasteiger partial charge in [0, 0.05) is 6.42 Å². The summed E-state index contributed by atoms with van der Waals surface area (Å²) < 4.78 is 16.6. The molecule has 0 aliphatic rings. The van der Waals surface area contributed by atoms with Crippen LogP contribution in [0.5, 0.6) is 11.5 Å². The second kappa shape index (κ2) is 8.96. The van der Waals surface area contributed by atoms with Crippen LogP contribution in [0.4, 0.5) is 0 Å². The smallest absolute Gasteiger partial charge is 0.220 e. The van der Waals surface area contributed by atoms with Gasteiger partial charge in [-0.2, -0.15) is 0 Å². The van der Waals surface area contributed by atoms with Crippen molar-refractivity contribution in [1.82, 2.24) is 10.3 Å². The van der Waals surface area contributed by atoms with Crippen molar-refractivity contribution in [2.75, 3.05) is 13.2 Å². The molecule has 0 saturated carbocycles. The number of hydrogen-bond donors (Lipinski definition) is 1. The molecular formula is C18H24N2O4. The van der Waals surface area contributed by atoms with Crippen LogP contribution in [0.1, 0.15) is 37.1 Å². The van der Waals surface area contributed by atoms with Crippen LogP contribution in [-0.4, -0.2) is 24.1 Å². The normalized spacial score (nSPS) is 10.5. The molecule has 0 saturated heterocycles. The average molecular weight is 332 g/mol. The topological polar surface area (TPSA) is 73.6 Å². The quantitative estimate of drug-likeness (QED) is 0.714. The Morgan fingerprint density at radius 2 is 1.92 bits per heavy atom. The van der Waals surface area contributed by atoms with E-state index in [0.29, 0.717) is 44.2 Å². The number of para-hydroxylation sites is 2. The number of rotatable bonds is 9. The number of benzene rings is 1. The molecule has 2 aromatic rings. The number of carbonyl (C=O) groups is 1. The lowest BCUT2D eigenvalue weighted by Gasteiger charge is -2.11. The number of oxazole rings is 1. The van der Waals surface area contributed by atoms with Crippen LogP contribution >= 0.6 is 0 Å². The van der Waals surface area contributed by atoms with E-state index in [4.69, 9.17) is 13.9 Å². The molecule has 6 heteroatoms. The van der Waals surface area contributed by atoms with Crippen molar-refractivity contribution in [3.8, 4) is 11.5 Å². The Bertz CT molecular complexity index is 647. The Morgan fingerprint density at radius 1 is 1.21 bits per heavy atom. The fourth-order valence-corrected chi connectivity index (χ4v) is 2.14. The molecule has 6 nitrogen and oxygen atoms in total. The zero-order chi connectivity index (χ0) is 17.4. The summed E-state index contributed by atoms with van der Waals surface area (Å²) >= 11 is 0. The molecule has 130 valence electrons. The van der Waals surface area contributed by atoms with E-state index in [-0.39, 0.29) is 5.91 Å². The van der Waals surface area contributed by atoms with Crippen LogP contribution in [0.15, 0.2) is 28.7 Å². The van der Waals surface area contributed by atoms with E-state index < -0.39 is 0 Å². The van der Waals surface area contributed by atoms with Gasteiger partial charge in [-0.25, -0.2) is 4.98 Å². The third-order valence-electron chi connectivity index (χ3n) is 3.46. The number of nitrogens with one attached hydrogen (secondary N) is 1. The summed E-state index contributed by atoms with van der Waals surface area (Å²) in [4.78, 5) is 16.1. The highest BCUT2D eigenvalue weighted by Crippen LogP contribution is 2.26. The number of aryl methyl sites for hydroxylation is 2. The molecule has 1 amide bonds. The second-order valence-corrected chi connectivity index (χ2v) is 5.36. The lowest BCUT2D eigenvalue weighted by atomic mass is 10.3. The Hall–Kier alpha value is -2.50. The summed E-state index contributed by atoms with van der Waals surface area (Å²) in [7, 11) is 0. The zero-order valence-corrected chi connectivity index (χ0v) is 14.4. The molecular weight excluding hydrogens is 308 g/mol. The maximum absolute atomic E-state index is 11.8. The summed E-state index contributed by atoms with van der Waals surface area (Å²) in [6.07, 6.45) is 1.01. The standard InChI is InChI=1S/C18H24N2O4/c1-4-22-15-8-5-6-9-16(15)23-11-7-10-17(21)19-12-18-20-13(2)14(3)24-18/h5-6,8-9H,4,7,10-12H2,1-3H3,(H,19,21). The Morgan fingerprint density at radius 3 is 2.54 bits per heavy atom. The molecule has 24 heavy (non-hydrogen) atoms. The highest BCUT2D eigenvalue weighted by molar-refractivity contribution is 5.75. The minimum Gasteiger partial charge on any atom is -0.490 e. The molecule has 2 rings (SSSR count). The van der Waals surface area contributed by atoms with Gasteiger partial charge in [0.25, 0.3) is 0 Å². The summed E-state index contributed by atoms with van der Waals surface area (Å²) in [5.74, 6) is 2.68. The second-order valence-electron chi connectivity index (χ2n) is 5.36. The van der Waals surface area contributed by atoms with Crippen molar-refractivity contribution in [1.29, 1.82) is 0 Å². The summed E-state index contributed by atoms with van der Waals surface area (Å²) in [6.45, 7) is 7.00. The number of amides is 1. The summed E-state index contributed by atoms with van der Waals surface area (Å²) in [5.41, 5.74) is 0.848.